The highest BCUT2D eigenvalue weighted by Gasteiger charge is 2.44. The Morgan fingerprint density at radius 3 is 2.07 bits per heavy atom. The Morgan fingerprint density at radius 1 is 0.967 bits per heavy atom. The lowest BCUT2D eigenvalue weighted by atomic mass is 10.2. The zero-order valence-corrected chi connectivity index (χ0v) is 16.3. The number of hydrogen-bond donors (Lipinski definition) is 1. The van der Waals surface area contributed by atoms with Gasteiger partial charge in [0.1, 0.15) is 19.3 Å². The minimum atomic E-state index is -1.12. The van der Waals surface area contributed by atoms with Crippen molar-refractivity contribution in [3.8, 4) is 0 Å². The minimum absolute atomic E-state index is 0.00623. The van der Waals surface area contributed by atoms with E-state index in [1.807, 2.05) is 12.1 Å². The molecule has 1 N–H and O–H groups in total. The molecule has 0 unspecified atom stereocenters. The van der Waals surface area contributed by atoms with Gasteiger partial charge in [-0.15, -0.1) is 0 Å². The smallest absolute Gasteiger partial charge is 0.429 e. The number of nitrogens with one attached hydrogen (secondary N) is 1. The van der Waals surface area contributed by atoms with Crippen LogP contribution in [0.25, 0.3) is 0 Å². The number of benzene rings is 2. The van der Waals surface area contributed by atoms with Crippen LogP contribution in [0, 0.1) is 0 Å². The highest BCUT2D eigenvalue weighted by molar-refractivity contribution is 6.07. The summed E-state index contributed by atoms with van der Waals surface area (Å²) in [5.41, 5.74) is 1.54. The normalized spacial score (nSPS) is 15.6. The van der Waals surface area contributed by atoms with E-state index in [9.17, 15) is 19.2 Å². The van der Waals surface area contributed by atoms with Gasteiger partial charge >= 0.3 is 12.2 Å². The molecule has 0 bridgehead atoms. The Balaban J connectivity index is 1.51. The van der Waals surface area contributed by atoms with E-state index in [0.29, 0.717) is 5.01 Å². The van der Waals surface area contributed by atoms with Crippen molar-refractivity contribution in [1.29, 1.82) is 0 Å². The van der Waals surface area contributed by atoms with Crippen molar-refractivity contribution in [2.75, 3.05) is 7.05 Å². The maximum atomic E-state index is 12.5. The predicted molar refractivity (Wildman–Crippen MR) is 104 cm³/mol. The number of amides is 4. The molecule has 156 valence electrons. The highest BCUT2D eigenvalue weighted by Crippen LogP contribution is 2.16. The van der Waals surface area contributed by atoms with E-state index in [0.717, 1.165) is 16.1 Å². The summed E-state index contributed by atoms with van der Waals surface area (Å²) in [6.07, 6.45) is -1.98. The number of alkyl carbamates (subject to hydrolysis) is 1. The minimum Gasteiger partial charge on any atom is -0.445 e. The van der Waals surface area contributed by atoms with E-state index in [4.69, 9.17) is 9.47 Å². The van der Waals surface area contributed by atoms with Gasteiger partial charge < -0.3 is 14.8 Å². The van der Waals surface area contributed by atoms with Crippen molar-refractivity contribution < 1.29 is 28.7 Å². The number of carbonyl (C=O) groups excluding carboxylic acids is 4. The molecule has 0 aliphatic carbocycles. The third-order valence-electron chi connectivity index (χ3n) is 4.40. The fraction of sp³-hybridized carbons (Fsp3) is 0.238. The average Bonchev–Trinajstić information content (AvgIpc) is 3.04. The quantitative estimate of drug-likeness (QED) is 0.731. The number of hydrogen-bond acceptors (Lipinski definition) is 6. The molecule has 1 saturated heterocycles. The number of nitrogens with zero attached hydrogens (tertiary/aromatic N) is 2. The molecule has 1 aliphatic heterocycles. The Hall–Kier alpha value is -3.88. The van der Waals surface area contributed by atoms with Crippen molar-refractivity contribution >= 4 is 24.0 Å². The molecule has 2 aromatic rings. The van der Waals surface area contributed by atoms with Gasteiger partial charge in [-0.2, -0.15) is 5.01 Å². The Kier molecular flexibility index (Phi) is 6.63. The van der Waals surface area contributed by atoms with Crippen molar-refractivity contribution in [2.45, 2.75) is 25.7 Å². The van der Waals surface area contributed by atoms with Gasteiger partial charge in [0.15, 0.2) is 0 Å². The van der Waals surface area contributed by atoms with Gasteiger partial charge in [-0.1, -0.05) is 60.7 Å². The summed E-state index contributed by atoms with van der Waals surface area (Å²) >= 11 is 0. The number of hydrazine groups is 1. The van der Waals surface area contributed by atoms with Crippen LogP contribution < -0.4 is 5.32 Å². The Morgan fingerprint density at radius 2 is 1.50 bits per heavy atom. The largest absolute Gasteiger partial charge is 0.445 e. The molecule has 0 saturated carbocycles. The highest BCUT2D eigenvalue weighted by atomic mass is 16.6. The molecule has 1 fully saturated rings. The lowest BCUT2D eigenvalue weighted by Crippen LogP contribution is -2.50. The first-order chi connectivity index (χ1) is 14.5. The molecule has 2 aromatic carbocycles. The summed E-state index contributed by atoms with van der Waals surface area (Å²) in [6.45, 7) is 0.0185. The number of rotatable bonds is 6. The molecule has 0 radical (unpaired) electrons. The van der Waals surface area contributed by atoms with Crippen LogP contribution in [0.2, 0.25) is 0 Å². The monoisotopic (exact) mass is 411 g/mol. The summed E-state index contributed by atoms with van der Waals surface area (Å²) in [7, 11) is 1.25. The second-order valence-corrected chi connectivity index (χ2v) is 6.57. The molecule has 1 heterocycles. The third kappa shape index (κ3) is 5.13. The Bertz CT molecular complexity index is 919. The number of imide groups is 1. The lowest BCUT2D eigenvalue weighted by Gasteiger charge is -2.25. The van der Waals surface area contributed by atoms with Crippen LogP contribution in [0.5, 0.6) is 0 Å². The van der Waals surface area contributed by atoms with Gasteiger partial charge in [0.2, 0.25) is 0 Å². The third-order valence-corrected chi connectivity index (χ3v) is 4.40. The summed E-state index contributed by atoms with van der Waals surface area (Å²) in [6, 6.07) is 16.9. The van der Waals surface area contributed by atoms with Crippen LogP contribution in [-0.4, -0.2) is 47.1 Å². The SMILES string of the molecule is CN(C(=O)OCc1ccccc1)N1C(=O)C[C@@H](NC(=O)OCc2ccccc2)C1=O. The van der Waals surface area contributed by atoms with Gasteiger partial charge in [0.25, 0.3) is 11.8 Å². The van der Waals surface area contributed by atoms with Crippen molar-refractivity contribution in [3.63, 3.8) is 0 Å². The van der Waals surface area contributed by atoms with Crippen LogP contribution in [-0.2, 0) is 32.3 Å². The maximum Gasteiger partial charge on any atom is 0.429 e. The van der Waals surface area contributed by atoms with Crippen molar-refractivity contribution in [1.82, 2.24) is 15.3 Å². The first-order valence-electron chi connectivity index (χ1n) is 9.24. The first-order valence-corrected chi connectivity index (χ1v) is 9.24. The summed E-state index contributed by atoms with van der Waals surface area (Å²) in [5.74, 6) is -1.37. The number of ether oxygens (including phenoxy) is 2. The van der Waals surface area contributed by atoms with Crippen LogP contribution in [0.4, 0.5) is 9.59 Å². The molecule has 0 spiro atoms. The predicted octanol–water partition coefficient (Wildman–Crippen LogP) is 2.22. The van der Waals surface area contributed by atoms with E-state index < -0.39 is 30.0 Å². The van der Waals surface area contributed by atoms with Crippen molar-refractivity contribution in [3.05, 3.63) is 71.8 Å². The van der Waals surface area contributed by atoms with Crippen molar-refractivity contribution in [2.24, 2.45) is 0 Å². The molecular weight excluding hydrogens is 390 g/mol. The zero-order valence-electron chi connectivity index (χ0n) is 16.3. The second kappa shape index (κ2) is 9.55. The fourth-order valence-electron chi connectivity index (χ4n) is 2.85. The van der Waals surface area contributed by atoms with Gasteiger partial charge in [-0.25, -0.2) is 14.6 Å². The van der Waals surface area contributed by atoms with Gasteiger partial charge in [-0.05, 0) is 11.1 Å². The topological polar surface area (TPSA) is 105 Å². The number of carbonyl (C=O) groups is 4. The zero-order chi connectivity index (χ0) is 21.5. The van der Waals surface area contributed by atoms with Gasteiger partial charge in [-0.3, -0.25) is 9.59 Å². The van der Waals surface area contributed by atoms with E-state index in [-0.39, 0.29) is 19.6 Å². The van der Waals surface area contributed by atoms with E-state index in [2.05, 4.69) is 5.32 Å². The van der Waals surface area contributed by atoms with Crippen LogP contribution >= 0.6 is 0 Å². The molecule has 9 heteroatoms. The van der Waals surface area contributed by atoms with Crippen LogP contribution in [0.3, 0.4) is 0 Å². The van der Waals surface area contributed by atoms with E-state index in [1.165, 1.54) is 7.05 Å². The maximum absolute atomic E-state index is 12.5. The molecule has 30 heavy (non-hydrogen) atoms. The van der Waals surface area contributed by atoms with E-state index >= 15 is 0 Å². The van der Waals surface area contributed by atoms with Crippen LogP contribution in [0.1, 0.15) is 17.5 Å². The fourth-order valence-corrected chi connectivity index (χ4v) is 2.85. The second-order valence-electron chi connectivity index (χ2n) is 6.57. The Labute approximate surface area is 173 Å². The summed E-state index contributed by atoms with van der Waals surface area (Å²) in [4.78, 5) is 49.0. The molecule has 1 aliphatic rings. The molecule has 9 nitrogen and oxygen atoms in total. The molecule has 3 rings (SSSR count). The summed E-state index contributed by atoms with van der Waals surface area (Å²) in [5, 5.41) is 3.82. The van der Waals surface area contributed by atoms with Gasteiger partial charge in [0, 0.05) is 7.05 Å². The molecular formula is C21H21N3O6. The molecule has 0 aromatic heterocycles. The lowest BCUT2D eigenvalue weighted by molar-refractivity contribution is -0.153. The molecule has 1 atom stereocenters. The standard InChI is InChI=1S/C21H21N3O6/c1-23(21(28)30-14-16-10-6-3-7-11-16)24-18(25)12-17(19(24)26)22-20(27)29-13-15-8-4-2-5-9-15/h2-11,17H,12-14H2,1H3,(H,22,27)/t17-/m1/s1. The van der Waals surface area contributed by atoms with Crippen LogP contribution in [0.15, 0.2) is 60.7 Å². The van der Waals surface area contributed by atoms with E-state index in [1.54, 1.807) is 48.5 Å². The first kappa shape index (κ1) is 20.8. The average molecular weight is 411 g/mol. The summed E-state index contributed by atoms with van der Waals surface area (Å²) < 4.78 is 10.2. The van der Waals surface area contributed by atoms with Gasteiger partial charge in [0.05, 0.1) is 6.42 Å². The molecule has 4 amide bonds.